The smallest absolute Gasteiger partial charge is 0.227 e. The van der Waals surface area contributed by atoms with E-state index >= 15 is 0 Å². The quantitative estimate of drug-likeness (QED) is 0.408. The van der Waals surface area contributed by atoms with E-state index in [2.05, 4.69) is 12.1 Å². The average Bonchev–Trinajstić information content (AvgIpc) is 3.39. The predicted molar refractivity (Wildman–Crippen MR) is 123 cm³/mol. The maximum Gasteiger partial charge on any atom is 0.227 e. The van der Waals surface area contributed by atoms with Crippen LogP contribution in [0.3, 0.4) is 0 Å². The molecule has 5 heteroatoms. The lowest BCUT2D eigenvalue weighted by atomic mass is 10.1. The van der Waals surface area contributed by atoms with Crippen LogP contribution in [0, 0.1) is 5.82 Å². The van der Waals surface area contributed by atoms with Crippen LogP contribution in [0.5, 0.6) is 5.75 Å². The fourth-order valence-corrected chi connectivity index (χ4v) is 4.47. The largest absolute Gasteiger partial charge is 0.488 e. The third-order valence-electron chi connectivity index (χ3n) is 6.10. The summed E-state index contributed by atoms with van der Waals surface area (Å²) in [6.45, 7) is 4.30. The molecule has 1 aliphatic rings. The Morgan fingerprint density at radius 1 is 1.00 bits per heavy atom. The van der Waals surface area contributed by atoms with Crippen molar-refractivity contribution in [2.75, 3.05) is 0 Å². The lowest BCUT2D eigenvalue weighted by molar-refractivity contribution is -0.131. The molecule has 5 rings (SSSR count). The minimum atomic E-state index is -0.346. The van der Waals surface area contributed by atoms with Crippen LogP contribution in [-0.2, 0) is 37.5 Å². The lowest BCUT2D eigenvalue weighted by Crippen LogP contribution is -2.26. The molecule has 3 aromatic carbocycles. The van der Waals surface area contributed by atoms with Crippen molar-refractivity contribution in [2.45, 2.75) is 39.6 Å². The summed E-state index contributed by atoms with van der Waals surface area (Å²) in [5.74, 6) is 0.194. The Balaban J connectivity index is 1.45. The van der Waals surface area contributed by atoms with Crippen LogP contribution >= 0.6 is 0 Å². The maximum atomic E-state index is 14.4. The fourth-order valence-electron chi connectivity index (χ4n) is 4.47. The van der Waals surface area contributed by atoms with Gasteiger partial charge in [0.05, 0.1) is 11.9 Å². The zero-order chi connectivity index (χ0) is 22.1. The minimum absolute atomic E-state index is 0.0645. The summed E-state index contributed by atoms with van der Waals surface area (Å²) in [6, 6.07) is 20.9. The molecular weight excluding hydrogens is 403 g/mol. The first-order valence-electron chi connectivity index (χ1n) is 10.9. The van der Waals surface area contributed by atoms with Gasteiger partial charge in [-0.25, -0.2) is 4.39 Å². The number of carbonyl (C=O) groups is 1. The summed E-state index contributed by atoms with van der Waals surface area (Å²) in [7, 11) is 0. The highest BCUT2D eigenvalue weighted by Gasteiger charge is 2.25. The van der Waals surface area contributed by atoms with E-state index in [1.165, 1.54) is 23.3 Å². The Hall–Kier alpha value is -3.60. The van der Waals surface area contributed by atoms with E-state index in [9.17, 15) is 9.18 Å². The van der Waals surface area contributed by atoms with Gasteiger partial charge in [-0.05, 0) is 35.2 Å². The summed E-state index contributed by atoms with van der Waals surface area (Å²) in [4.78, 5) is 15.1. The highest BCUT2D eigenvalue weighted by Crippen LogP contribution is 2.34. The van der Waals surface area contributed by atoms with Crippen LogP contribution in [-0.4, -0.2) is 15.4 Å². The van der Waals surface area contributed by atoms with Crippen molar-refractivity contribution >= 4 is 16.8 Å². The van der Waals surface area contributed by atoms with Crippen molar-refractivity contribution in [3.05, 3.63) is 101 Å². The number of benzene rings is 3. The van der Waals surface area contributed by atoms with E-state index < -0.39 is 0 Å². The van der Waals surface area contributed by atoms with Gasteiger partial charge in [0.1, 0.15) is 18.2 Å². The van der Waals surface area contributed by atoms with Crippen molar-refractivity contribution in [3.63, 3.8) is 0 Å². The number of nitrogens with zero attached hydrogens (tertiary/aromatic N) is 2. The van der Waals surface area contributed by atoms with Crippen molar-refractivity contribution in [1.29, 1.82) is 0 Å². The summed E-state index contributed by atoms with van der Waals surface area (Å²) in [5.41, 5.74) is 5.03. The maximum absolute atomic E-state index is 14.4. The molecule has 0 saturated heterocycles. The number of rotatable bonds is 6. The topological polar surface area (TPSA) is 34.5 Å². The number of halogens is 1. The molecule has 0 N–H and O–H groups in total. The fraction of sp³-hybridized carbons (Fsp3) is 0.222. The van der Waals surface area contributed by atoms with Crippen LogP contribution in [0.4, 0.5) is 4.39 Å². The molecule has 4 aromatic rings. The van der Waals surface area contributed by atoms with Gasteiger partial charge in [-0.1, -0.05) is 54.6 Å². The second-order valence-electron chi connectivity index (χ2n) is 8.21. The molecule has 4 nitrogen and oxygen atoms in total. The summed E-state index contributed by atoms with van der Waals surface area (Å²) in [6.07, 6.45) is 2.21. The molecule has 0 bridgehead atoms. The SMILES string of the molecule is CCn1cc(CC(=O)N2Cc3ccccc3C2)c2c(OCc3ccccc3)cc(F)cc21. The van der Waals surface area contributed by atoms with Crippen molar-refractivity contribution in [1.82, 2.24) is 9.47 Å². The van der Waals surface area contributed by atoms with Gasteiger partial charge in [0.2, 0.25) is 5.91 Å². The van der Waals surface area contributed by atoms with Gasteiger partial charge in [-0.15, -0.1) is 0 Å². The zero-order valence-corrected chi connectivity index (χ0v) is 18.1. The zero-order valence-electron chi connectivity index (χ0n) is 18.1. The molecule has 0 fully saturated rings. The van der Waals surface area contributed by atoms with Gasteiger partial charge < -0.3 is 14.2 Å². The van der Waals surface area contributed by atoms with Crippen molar-refractivity contribution in [3.8, 4) is 5.75 Å². The van der Waals surface area contributed by atoms with Crippen LogP contribution < -0.4 is 4.74 Å². The number of hydrogen-bond acceptors (Lipinski definition) is 2. The molecule has 162 valence electrons. The molecule has 1 amide bonds. The summed E-state index contributed by atoms with van der Waals surface area (Å²) in [5, 5.41) is 0.814. The number of hydrogen-bond donors (Lipinski definition) is 0. The molecular formula is C27H25FN2O2. The molecule has 0 unspecified atom stereocenters. The van der Waals surface area contributed by atoms with Crippen LogP contribution in [0.15, 0.2) is 72.9 Å². The monoisotopic (exact) mass is 428 g/mol. The second kappa shape index (κ2) is 8.50. The molecule has 0 aliphatic carbocycles. The summed E-state index contributed by atoms with van der Waals surface area (Å²) < 4.78 is 22.5. The highest BCUT2D eigenvalue weighted by molar-refractivity contribution is 5.94. The standard InChI is InChI=1S/C27H25FN2O2/c1-2-29-17-22(12-26(31)30-15-20-10-6-7-11-21(20)16-30)27-24(29)13-23(28)14-25(27)32-18-19-8-4-3-5-9-19/h3-11,13-14,17H,2,12,15-16,18H2,1H3. The first-order chi connectivity index (χ1) is 15.6. The van der Waals surface area contributed by atoms with Gasteiger partial charge in [-0.2, -0.15) is 0 Å². The molecule has 2 heterocycles. The van der Waals surface area contributed by atoms with E-state index in [-0.39, 0.29) is 18.1 Å². The first-order valence-corrected chi connectivity index (χ1v) is 10.9. The Morgan fingerprint density at radius 3 is 2.38 bits per heavy atom. The number of fused-ring (bicyclic) bond motifs is 2. The first kappa shape index (κ1) is 20.3. The minimum Gasteiger partial charge on any atom is -0.488 e. The average molecular weight is 429 g/mol. The Bertz CT molecular complexity index is 1250. The van der Waals surface area contributed by atoms with E-state index in [4.69, 9.17) is 4.74 Å². The number of carbonyl (C=O) groups excluding carboxylic acids is 1. The van der Waals surface area contributed by atoms with Gasteiger partial charge in [-0.3, -0.25) is 4.79 Å². The number of amides is 1. The molecule has 0 saturated carbocycles. The van der Waals surface area contributed by atoms with Crippen molar-refractivity contribution in [2.24, 2.45) is 0 Å². The number of aromatic nitrogens is 1. The lowest BCUT2D eigenvalue weighted by Gasteiger charge is -2.15. The molecule has 0 radical (unpaired) electrons. The molecule has 0 spiro atoms. The van der Waals surface area contributed by atoms with Crippen LogP contribution in [0.2, 0.25) is 0 Å². The Kier molecular flexibility index (Phi) is 5.39. The third kappa shape index (κ3) is 3.86. The second-order valence-corrected chi connectivity index (χ2v) is 8.21. The van der Waals surface area contributed by atoms with Gasteiger partial charge in [0, 0.05) is 37.3 Å². The van der Waals surface area contributed by atoms with E-state index in [1.54, 1.807) is 0 Å². The van der Waals surface area contributed by atoms with Gasteiger partial charge in [0.15, 0.2) is 0 Å². The summed E-state index contributed by atoms with van der Waals surface area (Å²) >= 11 is 0. The van der Waals surface area contributed by atoms with E-state index in [1.807, 2.05) is 65.1 Å². The van der Waals surface area contributed by atoms with Crippen LogP contribution in [0.25, 0.3) is 10.9 Å². The molecule has 1 aromatic heterocycles. The molecule has 0 atom stereocenters. The van der Waals surface area contributed by atoms with Gasteiger partial charge >= 0.3 is 0 Å². The third-order valence-corrected chi connectivity index (χ3v) is 6.10. The van der Waals surface area contributed by atoms with E-state index in [0.717, 1.165) is 22.0 Å². The van der Waals surface area contributed by atoms with E-state index in [0.29, 0.717) is 32.0 Å². The molecule has 1 aliphatic heterocycles. The highest BCUT2D eigenvalue weighted by atomic mass is 19.1. The number of aryl methyl sites for hydroxylation is 1. The Morgan fingerprint density at radius 2 is 1.69 bits per heavy atom. The molecule has 32 heavy (non-hydrogen) atoms. The normalized spacial score (nSPS) is 12.9. The number of ether oxygens (including phenoxy) is 1. The predicted octanol–water partition coefficient (Wildman–Crippen LogP) is 5.46. The van der Waals surface area contributed by atoms with Crippen molar-refractivity contribution < 1.29 is 13.9 Å². The van der Waals surface area contributed by atoms with Crippen LogP contribution in [0.1, 0.15) is 29.2 Å². The van der Waals surface area contributed by atoms with Gasteiger partial charge in [0.25, 0.3) is 0 Å². The Labute approximate surface area is 186 Å².